The zero-order valence-electron chi connectivity index (χ0n) is 9.72. The van der Waals surface area contributed by atoms with Gasteiger partial charge in [-0.2, -0.15) is 5.10 Å². The number of aromatic nitrogens is 2. The van der Waals surface area contributed by atoms with Gasteiger partial charge in [-0.25, -0.2) is 0 Å². The fourth-order valence-corrected chi connectivity index (χ4v) is 1.59. The Morgan fingerprint density at radius 2 is 2.50 bits per heavy atom. The number of hydrogen-bond donors (Lipinski definition) is 1. The molecule has 18 heavy (non-hydrogen) atoms. The van der Waals surface area contributed by atoms with Crippen molar-refractivity contribution in [2.75, 3.05) is 19.0 Å². The van der Waals surface area contributed by atoms with Gasteiger partial charge < -0.3 is 14.5 Å². The normalized spacial score (nSPS) is 10.6. The van der Waals surface area contributed by atoms with E-state index in [1.165, 1.54) is 12.3 Å². The number of hydrogen-bond acceptors (Lipinski definition) is 4. The summed E-state index contributed by atoms with van der Waals surface area (Å²) in [5.41, 5.74) is 0.884. The average molecular weight is 270 g/mol. The summed E-state index contributed by atoms with van der Waals surface area (Å²) in [5.74, 6) is -0.333. The van der Waals surface area contributed by atoms with Crippen LogP contribution in [0.3, 0.4) is 0 Å². The van der Waals surface area contributed by atoms with Crippen LogP contribution in [0.1, 0.15) is 10.4 Å². The molecule has 6 nitrogen and oxygen atoms in total. The Bertz CT molecular complexity index is 535. The van der Waals surface area contributed by atoms with E-state index in [4.69, 9.17) is 20.8 Å². The molecule has 0 unspecified atom stereocenters. The zero-order chi connectivity index (χ0) is 13.0. The van der Waals surface area contributed by atoms with E-state index in [0.29, 0.717) is 24.4 Å². The summed E-state index contributed by atoms with van der Waals surface area (Å²) in [7, 11) is 1.62. The molecule has 0 radical (unpaired) electrons. The summed E-state index contributed by atoms with van der Waals surface area (Å²) in [4.78, 5) is 11.8. The van der Waals surface area contributed by atoms with Crippen LogP contribution in [-0.4, -0.2) is 29.4 Å². The molecule has 96 valence electrons. The van der Waals surface area contributed by atoms with E-state index in [0.717, 1.165) is 0 Å². The number of amides is 1. The minimum atomic E-state index is -0.333. The van der Waals surface area contributed by atoms with Crippen LogP contribution >= 0.6 is 11.6 Å². The lowest BCUT2D eigenvalue weighted by molar-refractivity contribution is 0.102. The molecule has 0 aliphatic carbocycles. The first kappa shape index (κ1) is 12.7. The Hall–Kier alpha value is -1.79. The van der Waals surface area contributed by atoms with Gasteiger partial charge in [0.1, 0.15) is 0 Å². The smallest absolute Gasteiger partial charge is 0.260 e. The van der Waals surface area contributed by atoms with Crippen molar-refractivity contribution in [3.63, 3.8) is 0 Å². The molecular weight excluding hydrogens is 258 g/mol. The highest BCUT2D eigenvalue weighted by Gasteiger charge is 2.13. The second-order valence-electron chi connectivity index (χ2n) is 3.55. The highest BCUT2D eigenvalue weighted by Crippen LogP contribution is 2.18. The van der Waals surface area contributed by atoms with E-state index in [-0.39, 0.29) is 11.1 Å². The molecule has 0 spiro atoms. The van der Waals surface area contributed by atoms with Crippen LogP contribution in [0.4, 0.5) is 5.69 Å². The maximum Gasteiger partial charge on any atom is 0.260 e. The summed E-state index contributed by atoms with van der Waals surface area (Å²) in [6.45, 7) is 1.18. The van der Waals surface area contributed by atoms with Crippen LogP contribution in [0, 0.1) is 0 Å². The zero-order valence-corrected chi connectivity index (χ0v) is 10.5. The summed E-state index contributed by atoms with van der Waals surface area (Å²) in [5, 5.41) is 6.82. The Morgan fingerprint density at radius 3 is 3.17 bits per heavy atom. The van der Waals surface area contributed by atoms with Gasteiger partial charge in [0.15, 0.2) is 0 Å². The Balaban J connectivity index is 1.99. The van der Waals surface area contributed by atoms with Gasteiger partial charge in [0.2, 0.25) is 5.22 Å². The topological polar surface area (TPSA) is 69.3 Å². The van der Waals surface area contributed by atoms with E-state index in [1.54, 1.807) is 24.2 Å². The first-order chi connectivity index (χ1) is 8.70. The molecule has 2 rings (SSSR count). The molecule has 0 aromatic carbocycles. The van der Waals surface area contributed by atoms with Gasteiger partial charge in [0, 0.05) is 13.3 Å². The van der Waals surface area contributed by atoms with Crippen LogP contribution in [0.25, 0.3) is 0 Å². The maximum absolute atomic E-state index is 11.8. The third kappa shape index (κ3) is 2.91. The monoisotopic (exact) mass is 269 g/mol. The van der Waals surface area contributed by atoms with E-state index < -0.39 is 0 Å². The number of carbonyl (C=O) groups is 1. The number of nitrogens with zero attached hydrogens (tertiary/aromatic N) is 2. The third-order valence-electron chi connectivity index (χ3n) is 2.28. The number of anilines is 1. The van der Waals surface area contributed by atoms with E-state index >= 15 is 0 Å². The van der Waals surface area contributed by atoms with Crippen LogP contribution in [0.2, 0.25) is 5.22 Å². The standard InChI is InChI=1S/C11H12ClN3O3/c1-17-5-3-15-7-8(6-13-15)14-11(16)9-2-4-18-10(9)12/h2,4,6-7H,3,5H2,1H3,(H,14,16). The molecule has 1 N–H and O–H groups in total. The van der Waals surface area contributed by atoms with Crippen LogP contribution in [0.5, 0.6) is 0 Å². The van der Waals surface area contributed by atoms with Crippen molar-refractivity contribution in [1.82, 2.24) is 9.78 Å². The number of carbonyl (C=O) groups excluding carboxylic acids is 1. The van der Waals surface area contributed by atoms with Crippen molar-refractivity contribution in [1.29, 1.82) is 0 Å². The second-order valence-corrected chi connectivity index (χ2v) is 3.89. The minimum absolute atomic E-state index is 0.0688. The van der Waals surface area contributed by atoms with Gasteiger partial charge in [0.25, 0.3) is 5.91 Å². The second kappa shape index (κ2) is 5.70. The predicted molar refractivity (Wildman–Crippen MR) is 65.8 cm³/mol. The predicted octanol–water partition coefficient (Wildman–Crippen LogP) is 2.03. The molecule has 1 amide bonds. The molecule has 0 fully saturated rings. The number of rotatable bonds is 5. The molecule has 0 aliphatic heterocycles. The Kier molecular flexibility index (Phi) is 4.01. The molecule has 0 aliphatic rings. The summed E-state index contributed by atoms with van der Waals surface area (Å²) < 4.78 is 11.5. The summed E-state index contributed by atoms with van der Waals surface area (Å²) in [6.07, 6.45) is 4.63. The lowest BCUT2D eigenvalue weighted by Gasteiger charge is -2.00. The van der Waals surface area contributed by atoms with Crippen LogP contribution in [-0.2, 0) is 11.3 Å². The lowest BCUT2D eigenvalue weighted by atomic mass is 10.3. The minimum Gasteiger partial charge on any atom is -0.452 e. The first-order valence-corrected chi connectivity index (χ1v) is 5.64. The average Bonchev–Trinajstić information content (AvgIpc) is 2.95. The van der Waals surface area contributed by atoms with Gasteiger partial charge in [-0.05, 0) is 17.7 Å². The Labute approximate surface area is 108 Å². The van der Waals surface area contributed by atoms with Crippen LogP contribution in [0.15, 0.2) is 29.1 Å². The van der Waals surface area contributed by atoms with Gasteiger partial charge in [-0.3, -0.25) is 9.48 Å². The molecule has 0 saturated carbocycles. The highest BCUT2D eigenvalue weighted by molar-refractivity contribution is 6.32. The molecule has 0 atom stereocenters. The van der Waals surface area contributed by atoms with Crippen LogP contribution < -0.4 is 5.32 Å². The van der Waals surface area contributed by atoms with Crippen molar-refractivity contribution < 1.29 is 13.9 Å². The van der Waals surface area contributed by atoms with Crippen molar-refractivity contribution >= 4 is 23.2 Å². The maximum atomic E-state index is 11.8. The van der Waals surface area contributed by atoms with Crippen molar-refractivity contribution in [3.8, 4) is 0 Å². The van der Waals surface area contributed by atoms with Crippen molar-refractivity contribution in [2.24, 2.45) is 0 Å². The van der Waals surface area contributed by atoms with Gasteiger partial charge in [0.05, 0.1) is 36.9 Å². The Morgan fingerprint density at radius 1 is 1.67 bits per heavy atom. The molecular formula is C11H12ClN3O3. The largest absolute Gasteiger partial charge is 0.452 e. The molecule has 2 aromatic heterocycles. The lowest BCUT2D eigenvalue weighted by Crippen LogP contribution is -2.11. The van der Waals surface area contributed by atoms with E-state index in [9.17, 15) is 4.79 Å². The molecule has 2 heterocycles. The quantitative estimate of drug-likeness (QED) is 0.902. The summed E-state index contributed by atoms with van der Waals surface area (Å²) in [6, 6.07) is 1.51. The molecule has 0 saturated heterocycles. The highest BCUT2D eigenvalue weighted by atomic mass is 35.5. The summed E-state index contributed by atoms with van der Waals surface area (Å²) >= 11 is 5.71. The van der Waals surface area contributed by atoms with E-state index in [1.807, 2.05) is 0 Å². The number of halogens is 1. The van der Waals surface area contributed by atoms with E-state index in [2.05, 4.69) is 10.4 Å². The first-order valence-electron chi connectivity index (χ1n) is 5.26. The fourth-order valence-electron chi connectivity index (χ4n) is 1.39. The van der Waals surface area contributed by atoms with Crippen molar-refractivity contribution in [2.45, 2.75) is 6.54 Å². The number of ether oxygens (including phenoxy) is 1. The number of methoxy groups -OCH3 is 1. The van der Waals surface area contributed by atoms with Gasteiger partial charge >= 0.3 is 0 Å². The van der Waals surface area contributed by atoms with Crippen molar-refractivity contribution in [3.05, 3.63) is 35.5 Å². The molecule has 7 heteroatoms. The van der Waals surface area contributed by atoms with Gasteiger partial charge in [-0.15, -0.1) is 0 Å². The number of nitrogens with one attached hydrogen (secondary N) is 1. The molecule has 0 bridgehead atoms. The molecule has 2 aromatic rings. The fraction of sp³-hybridized carbons (Fsp3) is 0.273. The van der Waals surface area contributed by atoms with Gasteiger partial charge in [-0.1, -0.05) is 0 Å². The third-order valence-corrected chi connectivity index (χ3v) is 2.57. The SMILES string of the molecule is COCCn1cc(NC(=O)c2ccoc2Cl)cn1. The number of furan rings is 1.